The van der Waals surface area contributed by atoms with E-state index in [1.54, 1.807) is 42.5 Å². The van der Waals surface area contributed by atoms with Gasteiger partial charge in [0.2, 0.25) is 0 Å². The second-order valence-electron chi connectivity index (χ2n) is 8.74. The lowest BCUT2D eigenvalue weighted by Crippen LogP contribution is -2.14. The summed E-state index contributed by atoms with van der Waals surface area (Å²) in [5.41, 5.74) is 2.81. The van der Waals surface area contributed by atoms with Gasteiger partial charge in [0.05, 0.1) is 28.6 Å². The first-order valence-corrected chi connectivity index (χ1v) is 11.6. The summed E-state index contributed by atoms with van der Waals surface area (Å²) in [6.07, 6.45) is 9.48. The quantitative estimate of drug-likeness (QED) is 0.327. The Bertz CT molecular complexity index is 1500. The number of nitrogens with zero attached hydrogens (tertiary/aromatic N) is 10. The fourth-order valence-corrected chi connectivity index (χ4v) is 4.49. The van der Waals surface area contributed by atoms with Crippen LogP contribution >= 0.6 is 11.6 Å². The molecule has 1 fully saturated rings. The van der Waals surface area contributed by atoms with Crippen molar-refractivity contribution in [3.63, 3.8) is 0 Å². The van der Waals surface area contributed by atoms with Crippen LogP contribution in [-0.2, 0) is 7.05 Å². The maximum atomic E-state index is 15.1. The summed E-state index contributed by atoms with van der Waals surface area (Å²) in [5, 5.41) is 22.9. The van der Waals surface area contributed by atoms with Gasteiger partial charge in [0, 0.05) is 36.1 Å². The van der Waals surface area contributed by atoms with Crippen LogP contribution in [0.15, 0.2) is 49.2 Å². The molecule has 0 bridgehead atoms. The molecule has 182 valence electrons. The van der Waals surface area contributed by atoms with Crippen LogP contribution in [0.5, 0.6) is 0 Å². The van der Waals surface area contributed by atoms with Crippen molar-refractivity contribution in [3.05, 3.63) is 71.7 Å². The highest BCUT2D eigenvalue weighted by atomic mass is 35.5. The van der Waals surface area contributed by atoms with Gasteiger partial charge in [-0.15, -0.1) is 5.10 Å². The first-order valence-electron chi connectivity index (χ1n) is 11.3. The van der Waals surface area contributed by atoms with Crippen molar-refractivity contribution in [1.82, 2.24) is 50.0 Å². The maximum absolute atomic E-state index is 15.1. The number of benzene rings is 1. The topological polar surface area (TPSA) is 105 Å². The third-order valence-corrected chi connectivity index (χ3v) is 6.61. The van der Waals surface area contributed by atoms with E-state index in [1.165, 1.54) is 21.8 Å². The van der Waals surface area contributed by atoms with Gasteiger partial charge >= 0.3 is 0 Å². The summed E-state index contributed by atoms with van der Waals surface area (Å²) in [6, 6.07) is 6.58. The minimum atomic E-state index is -0.653. The van der Waals surface area contributed by atoms with Crippen LogP contribution in [0.3, 0.4) is 0 Å². The molecule has 6 rings (SSSR count). The highest BCUT2D eigenvalue weighted by Gasteiger charge is 2.29. The minimum Gasteiger partial charge on any atom is -0.263 e. The number of tetrazole rings is 1. The molecule has 13 heteroatoms. The molecule has 1 aliphatic rings. The molecule has 1 aromatic carbocycles. The van der Waals surface area contributed by atoms with Crippen LogP contribution in [-0.4, -0.2) is 50.0 Å². The van der Waals surface area contributed by atoms with Crippen LogP contribution in [0.4, 0.5) is 8.78 Å². The Balaban J connectivity index is 1.37. The summed E-state index contributed by atoms with van der Waals surface area (Å²) >= 11 is 6.08. The molecular weight excluding hydrogens is 490 g/mol. The second kappa shape index (κ2) is 8.86. The van der Waals surface area contributed by atoms with E-state index in [1.807, 2.05) is 6.07 Å². The van der Waals surface area contributed by atoms with Gasteiger partial charge in [-0.25, -0.2) is 9.07 Å². The standard InChI is InChI=1S/C23H19ClF2N10/c1-34-22(23(26)30-32-34)15-10-29-35(11-15)19(8-13-2-3-13)17-6-4-14(9-27-17)20-18(36-12-28-31-33-36)7-5-16(24)21(20)25/h4-7,9-13,19H,2-3,8H2,1H3/t19-/m0/s1. The van der Waals surface area contributed by atoms with Gasteiger partial charge in [-0.05, 0) is 41.0 Å². The molecule has 0 aliphatic heterocycles. The molecule has 36 heavy (non-hydrogen) atoms. The average Bonchev–Trinajstić information content (AvgIpc) is 3.23. The van der Waals surface area contributed by atoms with Gasteiger partial charge in [-0.3, -0.25) is 9.67 Å². The predicted octanol–water partition coefficient (Wildman–Crippen LogP) is 4.04. The van der Waals surface area contributed by atoms with E-state index >= 15 is 4.39 Å². The lowest BCUT2D eigenvalue weighted by atomic mass is 10.0. The van der Waals surface area contributed by atoms with E-state index in [0.29, 0.717) is 22.7 Å². The van der Waals surface area contributed by atoms with Crippen molar-refractivity contribution in [2.45, 2.75) is 25.3 Å². The average molecular weight is 509 g/mol. The summed E-state index contributed by atoms with van der Waals surface area (Å²) in [4.78, 5) is 4.68. The summed E-state index contributed by atoms with van der Waals surface area (Å²) in [6.45, 7) is 0. The largest absolute Gasteiger partial charge is 0.263 e. The van der Waals surface area contributed by atoms with E-state index < -0.39 is 11.8 Å². The molecule has 1 aliphatic carbocycles. The van der Waals surface area contributed by atoms with Gasteiger partial charge < -0.3 is 0 Å². The van der Waals surface area contributed by atoms with Gasteiger partial charge in [0.1, 0.15) is 12.0 Å². The zero-order valence-electron chi connectivity index (χ0n) is 19.0. The maximum Gasteiger partial charge on any atom is 0.260 e. The normalized spacial score (nSPS) is 14.3. The predicted molar refractivity (Wildman–Crippen MR) is 125 cm³/mol. The summed E-state index contributed by atoms with van der Waals surface area (Å²) in [7, 11) is 1.63. The van der Waals surface area contributed by atoms with Gasteiger partial charge in [-0.1, -0.05) is 40.8 Å². The number of pyridine rings is 1. The Kier molecular flexibility index (Phi) is 5.52. The van der Waals surface area contributed by atoms with Crippen LogP contribution in [0, 0.1) is 17.7 Å². The molecule has 1 saturated carbocycles. The molecule has 0 radical (unpaired) electrons. The minimum absolute atomic E-state index is 0.0153. The fraction of sp³-hybridized carbons (Fsp3) is 0.261. The van der Waals surface area contributed by atoms with Crippen LogP contribution in [0.2, 0.25) is 5.02 Å². The van der Waals surface area contributed by atoms with Crippen molar-refractivity contribution >= 4 is 11.6 Å². The molecule has 10 nitrogen and oxygen atoms in total. The molecule has 0 saturated heterocycles. The highest BCUT2D eigenvalue weighted by molar-refractivity contribution is 6.31. The number of hydrogen-bond acceptors (Lipinski definition) is 7. The lowest BCUT2D eigenvalue weighted by molar-refractivity contribution is 0.455. The number of halogens is 3. The van der Waals surface area contributed by atoms with Crippen molar-refractivity contribution in [1.29, 1.82) is 0 Å². The molecule has 1 atom stereocenters. The Hall–Kier alpha value is -4.06. The first-order chi connectivity index (χ1) is 17.5. The zero-order valence-corrected chi connectivity index (χ0v) is 19.8. The third kappa shape index (κ3) is 4.02. The van der Waals surface area contributed by atoms with Crippen LogP contribution < -0.4 is 0 Å². The van der Waals surface area contributed by atoms with Gasteiger partial charge in [0.25, 0.3) is 5.95 Å². The highest BCUT2D eigenvalue weighted by Crippen LogP contribution is 2.40. The van der Waals surface area contributed by atoms with Crippen molar-refractivity contribution in [2.75, 3.05) is 0 Å². The molecular formula is C23H19ClF2N10. The summed E-state index contributed by atoms with van der Waals surface area (Å²) < 4.78 is 33.8. The zero-order chi connectivity index (χ0) is 24.8. The Morgan fingerprint density at radius 3 is 2.61 bits per heavy atom. The van der Waals surface area contributed by atoms with E-state index in [2.05, 4.69) is 35.9 Å². The van der Waals surface area contributed by atoms with Crippen molar-refractivity contribution in [2.24, 2.45) is 13.0 Å². The van der Waals surface area contributed by atoms with Crippen molar-refractivity contribution < 1.29 is 8.78 Å². The van der Waals surface area contributed by atoms with E-state index in [9.17, 15) is 4.39 Å². The third-order valence-electron chi connectivity index (χ3n) is 6.32. The fourth-order valence-electron chi connectivity index (χ4n) is 4.33. The molecule has 0 amide bonds. The van der Waals surface area contributed by atoms with Crippen LogP contribution in [0.1, 0.15) is 31.0 Å². The van der Waals surface area contributed by atoms with Crippen molar-refractivity contribution in [3.8, 4) is 28.1 Å². The molecule has 0 spiro atoms. The van der Waals surface area contributed by atoms with Gasteiger partial charge in [0.15, 0.2) is 5.82 Å². The first kappa shape index (κ1) is 22.4. The summed E-state index contributed by atoms with van der Waals surface area (Å²) in [5.74, 6) is -0.673. The molecule has 0 unspecified atom stereocenters. The smallest absolute Gasteiger partial charge is 0.260 e. The SMILES string of the molecule is Cn1nnc(F)c1-c1cnn([C@@H](CC2CC2)c2ccc(-c3c(-n4cnnn4)ccc(Cl)c3F)cn2)c1. The number of aromatic nitrogens is 10. The van der Waals surface area contributed by atoms with Crippen LogP contribution in [0.25, 0.3) is 28.1 Å². The van der Waals surface area contributed by atoms with Gasteiger partial charge in [-0.2, -0.15) is 14.2 Å². The number of rotatable bonds is 7. The lowest BCUT2D eigenvalue weighted by Gasteiger charge is -2.18. The Labute approximate surface area is 208 Å². The molecule has 4 heterocycles. The number of hydrogen-bond donors (Lipinski definition) is 0. The molecule has 5 aromatic rings. The Morgan fingerprint density at radius 2 is 1.94 bits per heavy atom. The molecule has 4 aromatic heterocycles. The monoisotopic (exact) mass is 508 g/mol. The Morgan fingerprint density at radius 1 is 1.08 bits per heavy atom. The van der Waals surface area contributed by atoms with E-state index in [-0.39, 0.29) is 22.3 Å². The second-order valence-corrected chi connectivity index (χ2v) is 9.15. The van der Waals surface area contributed by atoms with E-state index in [4.69, 9.17) is 11.6 Å². The number of aryl methyl sites for hydroxylation is 1. The van der Waals surface area contributed by atoms with E-state index in [0.717, 1.165) is 25.0 Å². The molecule has 0 N–H and O–H groups in total.